The number of benzene rings is 3. The van der Waals surface area contributed by atoms with E-state index in [1.165, 1.54) is 31.7 Å². The van der Waals surface area contributed by atoms with E-state index in [-0.39, 0.29) is 22.8 Å². The molecule has 2 amide bonds. The number of aryl methyl sites for hydroxylation is 1. The zero-order valence-corrected chi connectivity index (χ0v) is 24.7. The zero-order chi connectivity index (χ0) is 29.1. The van der Waals surface area contributed by atoms with E-state index in [2.05, 4.69) is 37.5 Å². The fourth-order valence-corrected chi connectivity index (χ4v) is 6.34. The molecule has 1 saturated carbocycles. The molecule has 0 unspecified atom stereocenters. The molecule has 6 heteroatoms. The molecule has 0 spiro atoms. The lowest BCUT2D eigenvalue weighted by atomic mass is 9.83. The van der Waals surface area contributed by atoms with Crippen molar-refractivity contribution >= 4 is 23.2 Å². The second-order valence-electron chi connectivity index (χ2n) is 12.7. The predicted molar refractivity (Wildman–Crippen MR) is 164 cm³/mol. The summed E-state index contributed by atoms with van der Waals surface area (Å²) in [5.41, 5.74) is 4.42. The van der Waals surface area contributed by atoms with E-state index < -0.39 is 17.8 Å². The highest BCUT2D eigenvalue weighted by Crippen LogP contribution is 2.39. The molecular formula is C35H42FN3O2. The van der Waals surface area contributed by atoms with Crippen LogP contribution in [-0.4, -0.2) is 29.3 Å². The molecule has 1 aliphatic heterocycles. The summed E-state index contributed by atoms with van der Waals surface area (Å²) in [6, 6.07) is 20.7. The molecule has 1 aliphatic carbocycles. The van der Waals surface area contributed by atoms with Gasteiger partial charge in [-0.3, -0.25) is 9.59 Å². The number of hydrogen-bond donors (Lipinski definition) is 2. The Bertz CT molecular complexity index is 1370. The standard InChI is InChI=1S/C35H42FN3O2/c1-23-10-7-16-30(36)31(23)34(41)39-21-9-15-29(33(40)38-28-14-8-11-25(22-28)35(2,3)4)32(39)24-17-19-27(20-18-24)37-26-12-5-6-13-26/h7-8,10-11,14,16-20,22,26,29,32,37H,5-6,9,12-13,15,21H2,1-4H3,(H,38,40)/t29-,32-/m1/s1. The molecule has 1 heterocycles. The number of anilines is 2. The lowest BCUT2D eigenvalue weighted by Gasteiger charge is -2.41. The number of carbonyl (C=O) groups is 2. The number of nitrogens with zero attached hydrogens (tertiary/aromatic N) is 1. The number of rotatable bonds is 6. The summed E-state index contributed by atoms with van der Waals surface area (Å²) in [6.45, 7) is 8.65. The normalized spacial score (nSPS) is 19.7. The number of likely N-dealkylation sites (tertiary alicyclic amines) is 1. The Morgan fingerprint density at radius 2 is 1.59 bits per heavy atom. The van der Waals surface area contributed by atoms with E-state index in [9.17, 15) is 14.0 Å². The van der Waals surface area contributed by atoms with Gasteiger partial charge in [0, 0.05) is 24.0 Å². The van der Waals surface area contributed by atoms with Crippen molar-refractivity contribution in [1.82, 2.24) is 4.90 Å². The van der Waals surface area contributed by atoms with Gasteiger partial charge in [0.2, 0.25) is 5.91 Å². The molecule has 2 atom stereocenters. The van der Waals surface area contributed by atoms with Crippen LogP contribution in [0.2, 0.25) is 0 Å². The molecule has 5 rings (SSSR count). The summed E-state index contributed by atoms with van der Waals surface area (Å²) < 4.78 is 15.0. The molecule has 2 fully saturated rings. The predicted octanol–water partition coefficient (Wildman–Crippen LogP) is 8.02. The number of piperidine rings is 1. The minimum Gasteiger partial charge on any atom is -0.382 e. The average molecular weight is 556 g/mol. The van der Waals surface area contributed by atoms with Crippen molar-refractivity contribution in [3.8, 4) is 0 Å². The van der Waals surface area contributed by atoms with Crippen LogP contribution in [0.15, 0.2) is 66.7 Å². The molecule has 3 aromatic rings. The van der Waals surface area contributed by atoms with Crippen LogP contribution >= 0.6 is 0 Å². The number of carbonyl (C=O) groups excluding carboxylic acids is 2. The van der Waals surface area contributed by atoms with Gasteiger partial charge in [0.25, 0.3) is 5.91 Å². The van der Waals surface area contributed by atoms with Crippen LogP contribution in [0.5, 0.6) is 0 Å². The third-order valence-electron chi connectivity index (χ3n) is 8.64. The first-order valence-electron chi connectivity index (χ1n) is 15.0. The molecular weight excluding hydrogens is 513 g/mol. The lowest BCUT2D eigenvalue weighted by Crippen LogP contribution is -2.46. The van der Waals surface area contributed by atoms with E-state index in [0.717, 1.165) is 22.5 Å². The lowest BCUT2D eigenvalue weighted by molar-refractivity contribution is -0.123. The minimum absolute atomic E-state index is 0.0524. The van der Waals surface area contributed by atoms with Gasteiger partial charge in [0.05, 0.1) is 17.5 Å². The van der Waals surface area contributed by atoms with Gasteiger partial charge >= 0.3 is 0 Å². The maximum absolute atomic E-state index is 15.0. The third-order valence-corrected chi connectivity index (χ3v) is 8.64. The van der Waals surface area contributed by atoms with Crippen molar-refractivity contribution in [2.75, 3.05) is 17.2 Å². The van der Waals surface area contributed by atoms with Gasteiger partial charge in [-0.05, 0) is 85.0 Å². The zero-order valence-electron chi connectivity index (χ0n) is 24.7. The van der Waals surface area contributed by atoms with Crippen LogP contribution in [0.25, 0.3) is 0 Å². The minimum atomic E-state index is -0.532. The van der Waals surface area contributed by atoms with E-state index in [1.54, 1.807) is 24.0 Å². The van der Waals surface area contributed by atoms with Crippen LogP contribution < -0.4 is 10.6 Å². The highest BCUT2D eigenvalue weighted by Gasteiger charge is 2.40. The average Bonchev–Trinajstić information content (AvgIpc) is 3.46. The van der Waals surface area contributed by atoms with Gasteiger partial charge < -0.3 is 15.5 Å². The molecule has 0 radical (unpaired) electrons. The fourth-order valence-electron chi connectivity index (χ4n) is 6.34. The smallest absolute Gasteiger partial charge is 0.257 e. The quantitative estimate of drug-likeness (QED) is 0.324. The molecule has 3 aromatic carbocycles. The summed E-state index contributed by atoms with van der Waals surface area (Å²) in [7, 11) is 0. The Morgan fingerprint density at radius 1 is 0.878 bits per heavy atom. The van der Waals surface area contributed by atoms with Gasteiger partial charge in [-0.15, -0.1) is 0 Å². The molecule has 2 N–H and O–H groups in total. The van der Waals surface area contributed by atoms with E-state index in [1.807, 2.05) is 42.5 Å². The van der Waals surface area contributed by atoms with Gasteiger partial charge in [-0.1, -0.05) is 70.0 Å². The maximum Gasteiger partial charge on any atom is 0.257 e. The van der Waals surface area contributed by atoms with Crippen molar-refractivity contribution < 1.29 is 14.0 Å². The SMILES string of the molecule is Cc1cccc(F)c1C(=O)N1CCC[C@@H](C(=O)Nc2cccc(C(C)(C)C)c2)[C@H]1c1ccc(NC2CCCC2)cc1. The van der Waals surface area contributed by atoms with E-state index >= 15 is 0 Å². The Labute approximate surface area is 243 Å². The molecule has 2 aliphatic rings. The van der Waals surface area contributed by atoms with Crippen molar-refractivity contribution in [3.63, 3.8) is 0 Å². The number of amides is 2. The summed E-state index contributed by atoms with van der Waals surface area (Å²) in [5, 5.41) is 6.76. The van der Waals surface area contributed by atoms with Crippen molar-refractivity contribution in [2.45, 2.75) is 83.7 Å². The van der Waals surface area contributed by atoms with Gasteiger partial charge in [0.1, 0.15) is 5.82 Å². The highest BCUT2D eigenvalue weighted by molar-refractivity contribution is 5.98. The Morgan fingerprint density at radius 3 is 2.27 bits per heavy atom. The second kappa shape index (κ2) is 12.1. The molecule has 5 nitrogen and oxygen atoms in total. The topological polar surface area (TPSA) is 61.4 Å². The number of hydrogen-bond acceptors (Lipinski definition) is 3. The number of halogens is 1. The highest BCUT2D eigenvalue weighted by atomic mass is 19.1. The number of nitrogens with one attached hydrogen (secondary N) is 2. The molecule has 41 heavy (non-hydrogen) atoms. The van der Waals surface area contributed by atoms with Gasteiger partial charge in [-0.2, -0.15) is 0 Å². The third kappa shape index (κ3) is 6.47. The van der Waals surface area contributed by atoms with Gasteiger partial charge in [-0.25, -0.2) is 4.39 Å². The van der Waals surface area contributed by atoms with Crippen LogP contribution in [0.1, 0.15) is 92.4 Å². The Balaban J connectivity index is 1.47. The Kier molecular flexibility index (Phi) is 8.48. The summed E-state index contributed by atoms with van der Waals surface area (Å²) in [5.74, 6) is -1.51. The largest absolute Gasteiger partial charge is 0.382 e. The van der Waals surface area contributed by atoms with Gasteiger partial charge in [0.15, 0.2) is 0 Å². The second-order valence-corrected chi connectivity index (χ2v) is 12.7. The summed E-state index contributed by atoms with van der Waals surface area (Å²) in [4.78, 5) is 29.6. The van der Waals surface area contributed by atoms with Crippen LogP contribution in [0, 0.1) is 18.7 Å². The van der Waals surface area contributed by atoms with E-state index in [0.29, 0.717) is 31.0 Å². The first kappa shape index (κ1) is 28.8. The van der Waals surface area contributed by atoms with Crippen LogP contribution in [0.4, 0.5) is 15.8 Å². The van der Waals surface area contributed by atoms with Crippen LogP contribution in [0.3, 0.4) is 0 Å². The monoisotopic (exact) mass is 555 g/mol. The van der Waals surface area contributed by atoms with Crippen molar-refractivity contribution in [2.24, 2.45) is 5.92 Å². The van der Waals surface area contributed by atoms with Crippen LogP contribution in [-0.2, 0) is 10.2 Å². The first-order valence-corrected chi connectivity index (χ1v) is 15.0. The summed E-state index contributed by atoms with van der Waals surface area (Å²) in [6.07, 6.45) is 6.15. The first-order chi connectivity index (χ1) is 19.6. The fraction of sp³-hybridized carbons (Fsp3) is 0.429. The molecule has 0 bridgehead atoms. The molecule has 216 valence electrons. The van der Waals surface area contributed by atoms with Crippen molar-refractivity contribution in [3.05, 3.63) is 94.8 Å². The Hall–Kier alpha value is -3.67. The summed E-state index contributed by atoms with van der Waals surface area (Å²) >= 11 is 0. The molecule has 0 aromatic heterocycles. The molecule has 1 saturated heterocycles. The van der Waals surface area contributed by atoms with E-state index in [4.69, 9.17) is 0 Å². The maximum atomic E-state index is 15.0. The van der Waals surface area contributed by atoms with Crippen molar-refractivity contribution in [1.29, 1.82) is 0 Å².